The highest BCUT2D eigenvalue weighted by Crippen LogP contribution is 2.04. The maximum atomic E-state index is 5.10. The summed E-state index contributed by atoms with van der Waals surface area (Å²) in [5.74, 6) is 0. The van der Waals surface area contributed by atoms with E-state index in [0.29, 0.717) is 0 Å². The fourth-order valence-electron chi connectivity index (χ4n) is 2.10. The van der Waals surface area contributed by atoms with Crippen LogP contribution < -0.4 is 5.32 Å². The van der Waals surface area contributed by atoms with E-state index in [2.05, 4.69) is 42.1 Å². The third-order valence-electron chi connectivity index (χ3n) is 3.35. The molecule has 2 aliphatic heterocycles. The smallest absolute Gasteiger partial charge is 0.0594 e. The van der Waals surface area contributed by atoms with Gasteiger partial charge in [0.1, 0.15) is 0 Å². The molecule has 1 N–H and O–H groups in total. The molecule has 0 unspecified atom stereocenters. The monoisotopic (exact) mass is 255 g/mol. The van der Waals surface area contributed by atoms with E-state index in [9.17, 15) is 0 Å². The molecule has 2 rings (SSSR count). The maximum Gasteiger partial charge on any atom is 0.0594 e. The molecule has 0 atom stereocenters. The molecule has 0 aliphatic carbocycles. The van der Waals surface area contributed by atoms with E-state index in [1.165, 1.54) is 18.8 Å². The number of rotatable bonds is 2. The highest BCUT2D eigenvalue weighted by molar-refractivity contribution is 4.98. The molecule has 2 fully saturated rings. The Morgan fingerprint density at radius 2 is 1.78 bits per heavy atom. The number of morpholine rings is 1. The summed E-state index contributed by atoms with van der Waals surface area (Å²) in [4.78, 5) is 4.71. The number of nitrogens with zero attached hydrogens (tertiary/aromatic N) is 2. The Kier molecular flexibility index (Phi) is 8.05. The van der Waals surface area contributed by atoms with Crippen LogP contribution in [-0.2, 0) is 4.74 Å². The lowest BCUT2D eigenvalue weighted by Gasteiger charge is -2.30. The third kappa shape index (κ3) is 6.38. The molecule has 0 saturated carbocycles. The normalized spacial score (nSPS) is 22.4. The molecule has 0 aromatic carbocycles. The SMILES string of the molecule is CC/C=C(/C)N1CCNCC1.CN1CCOCC1. The van der Waals surface area contributed by atoms with E-state index < -0.39 is 0 Å². The highest BCUT2D eigenvalue weighted by atomic mass is 16.5. The van der Waals surface area contributed by atoms with Gasteiger partial charge in [-0.1, -0.05) is 13.0 Å². The van der Waals surface area contributed by atoms with Gasteiger partial charge in [-0.2, -0.15) is 0 Å². The zero-order valence-electron chi connectivity index (χ0n) is 12.2. The summed E-state index contributed by atoms with van der Waals surface area (Å²) in [5.41, 5.74) is 1.44. The first-order chi connectivity index (χ1) is 8.74. The minimum Gasteiger partial charge on any atom is -0.379 e. The van der Waals surface area contributed by atoms with E-state index in [1.807, 2.05) is 0 Å². The summed E-state index contributed by atoms with van der Waals surface area (Å²) < 4.78 is 5.10. The van der Waals surface area contributed by atoms with Gasteiger partial charge in [-0.25, -0.2) is 0 Å². The van der Waals surface area contributed by atoms with Gasteiger partial charge in [0, 0.05) is 45.0 Å². The molecule has 18 heavy (non-hydrogen) atoms. The van der Waals surface area contributed by atoms with Crippen LogP contribution in [0.15, 0.2) is 11.8 Å². The van der Waals surface area contributed by atoms with Crippen molar-refractivity contribution in [1.29, 1.82) is 0 Å². The Bertz CT molecular complexity index is 231. The number of allylic oxidation sites excluding steroid dienone is 2. The van der Waals surface area contributed by atoms with Crippen molar-refractivity contribution in [3.63, 3.8) is 0 Å². The van der Waals surface area contributed by atoms with E-state index in [-0.39, 0.29) is 0 Å². The molecule has 2 aliphatic rings. The Morgan fingerprint density at radius 3 is 2.22 bits per heavy atom. The Hall–Kier alpha value is -0.580. The maximum absolute atomic E-state index is 5.10. The van der Waals surface area contributed by atoms with Crippen LogP contribution >= 0.6 is 0 Å². The van der Waals surface area contributed by atoms with Gasteiger partial charge >= 0.3 is 0 Å². The second kappa shape index (κ2) is 9.36. The van der Waals surface area contributed by atoms with Crippen molar-refractivity contribution >= 4 is 0 Å². The van der Waals surface area contributed by atoms with Crippen molar-refractivity contribution in [2.24, 2.45) is 0 Å². The molecule has 0 bridgehead atoms. The van der Waals surface area contributed by atoms with Crippen LogP contribution in [-0.4, -0.2) is 69.3 Å². The standard InChI is InChI=1S/C9H18N2.C5H11NO/c1-3-4-9(2)11-7-5-10-6-8-11;1-6-2-4-7-5-3-6/h4,10H,3,5-8H2,1-2H3;2-5H2,1H3/b9-4-;. The van der Waals surface area contributed by atoms with Gasteiger partial charge in [-0.05, 0) is 20.4 Å². The number of hydrogen-bond donors (Lipinski definition) is 1. The lowest BCUT2D eigenvalue weighted by molar-refractivity contribution is 0.0503. The largest absolute Gasteiger partial charge is 0.379 e. The number of nitrogens with one attached hydrogen (secondary N) is 1. The molecule has 2 heterocycles. The van der Waals surface area contributed by atoms with Gasteiger partial charge in [0.25, 0.3) is 0 Å². The van der Waals surface area contributed by atoms with Crippen LogP contribution in [0, 0.1) is 0 Å². The van der Waals surface area contributed by atoms with Crippen LogP contribution in [0.25, 0.3) is 0 Å². The number of hydrogen-bond acceptors (Lipinski definition) is 4. The zero-order chi connectivity index (χ0) is 13.2. The van der Waals surface area contributed by atoms with Crippen LogP contribution in [0.3, 0.4) is 0 Å². The Morgan fingerprint density at radius 1 is 1.17 bits per heavy atom. The van der Waals surface area contributed by atoms with E-state index in [4.69, 9.17) is 4.74 Å². The molecule has 0 spiro atoms. The molecule has 4 nitrogen and oxygen atoms in total. The first-order valence-electron chi connectivity index (χ1n) is 7.12. The van der Waals surface area contributed by atoms with Gasteiger partial charge in [0.2, 0.25) is 0 Å². The van der Waals surface area contributed by atoms with Gasteiger partial charge in [-0.15, -0.1) is 0 Å². The second-order valence-corrected chi connectivity index (χ2v) is 4.91. The number of likely N-dealkylation sites (N-methyl/N-ethyl adjacent to an activating group) is 1. The van der Waals surface area contributed by atoms with Crippen molar-refractivity contribution in [2.45, 2.75) is 20.3 Å². The summed E-state index contributed by atoms with van der Waals surface area (Å²) >= 11 is 0. The number of ether oxygens (including phenoxy) is 1. The van der Waals surface area contributed by atoms with Crippen molar-refractivity contribution in [2.75, 3.05) is 59.5 Å². The summed E-state index contributed by atoms with van der Waals surface area (Å²) in [7, 11) is 2.11. The third-order valence-corrected chi connectivity index (χ3v) is 3.35. The fourth-order valence-corrected chi connectivity index (χ4v) is 2.10. The molecule has 0 aromatic rings. The predicted octanol–water partition coefficient (Wildman–Crippen LogP) is 1.15. The van der Waals surface area contributed by atoms with Crippen molar-refractivity contribution < 1.29 is 4.74 Å². The Balaban J connectivity index is 0.000000199. The molecule has 4 heteroatoms. The summed E-state index contributed by atoms with van der Waals surface area (Å²) in [6.45, 7) is 13.0. The van der Waals surface area contributed by atoms with E-state index in [1.54, 1.807) is 0 Å². The van der Waals surface area contributed by atoms with Gasteiger partial charge in [0.05, 0.1) is 13.2 Å². The highest BCUT2D eigenvalue weighted by Gasteiger charge is 2.08. The van der Waals surface area contributed by atoms with E-state index in [0.717, 1.165) is 45.8 Å². The van der Waals surface area contributed by atoms with Gasteiger partial charge in [-0.3, -0.25) is 0 Å². The van der Waals surface area contributed by atoms with Crippen LogP contribution in [0.1, 0.15) is 20.3 Å². The molecular weight excluding hydrogens is 226 g/mol. The van der Waals surface area contributed by atoms with Crippen molar-refractivity contribution in [1.82, 2.24) is 15.1 Å². The molecule has 0 amide bonds. The second-order valence-electron chi connectivity index (χ2n) is 4.91. The van der Waals surface area contributed by atoms with Gasteiger partial charge in [0.15, 0.2) is 0 Å². The van der Waals surface area contributed by atoms with Crippen LogP contribution in [0.2, 0.25) is 0 Å². The zero-order valence-corrected chi connectivity index (χ0v) is 12.2. The van der Waals surface area contributed by atoms with E-state index >= 15 is 0 Å². The first-order valence-corrected chi connectivity index (χ1v) is 7.12. The van der Waals surface area contributed by atoms with Crippen LogP contribution in [0.4, 0.5) is 0 Å². The molecular formula is C14H29N3O. The summed E-state index contributed by atoms with van der Waals surface area (Å²) in [5, 5.41) is 3.34. The first kappa shape index (κ1) is 15.5. The lowest BCUT2D eigenvalue weighted by atomic mass is 10.3. The Labute approximate surface area is 112 Å². The minimum absolute atomic E-state index is 0.913. The molecule has 0 aromatic heterocycles. The molecule has 106 valence electrons. The van der Waals surface area contributed by atoms with Crippen molar-refractivity contribution in [3.8, 4) is 0 Å². The molecule has 2 saturated heterocycles. The topological polar surface area (TPSA) is 27.7 Å². The van der Waals surface area contributed by atoms with Crippen LogP contribution in [0.5, 0.6) is 0 Å². The predicted molar refractivity (Wildman–Crippen MR) is 76.8 cm³/mol. The fraction of sp³-hybridized carbons (Fsp3) is 0.857. The average Bonchev–Trinajstić information content (AvgIpc) is 2.42. The molecule has 0 radical (unpaired) electrons. The van der Waals surface area contributed by atoms with Gasteiger partial charge < -0.3 is 19.9 Å². The lowest BCUT2D eigenvalue weighted by Crippen LogP contribution is -2.42. The van der Waals surface area contributed by atoms with Crippen molar-refractivity contribution in [3.05, 3.63) is 11.8 Å². The summed E-state index contributed by atoms with van der Waals surface area (Å²) in [6, 6.07) is 0. The average molecular weight is 255 g/mol. The number of piperazine rings is 1. The minimum atomic E-state index is 0.913. The quantitative estimate of drug-likeness (QED) is 0.801. The summed E-state index contributed by atoms with van der Waals surface area (Å²) in [6.07, 6.45) is 3.45.